The van der Waals surface area contributed by atoms with Crippen LogP contribution in [0.3, 0.4) is 0 Å². The van der Waals surface area contributed by atoms with Crippen LogP contribution in [0.5, 0.6) is 0 Å². The van der Waals surface area contributed by atoms with Crippen molar-refractivity contribution in [3.63, 3.8) is 0 Å². The molecule has 0 aliphatic rings. The van der Waals surface area contributed by atoms with Gasteiger partial charge in [-0.15, -0.1) is 0 Å². The summed E-state index contributed by atoms with van der Waals surface area (Å²) in [5, 5.41) is 0. The highest BCUT2D eigenvalue weighted by atomic mass is 28.3. The van der Waals surface area contributed by atoms with Gasteiger partial charge in [0.1, 0.15) is 0 Å². The van der Waals surface area contributed by atoms with Crippen molar-refractivity contribution in [3.8, 4) is 0 Å². The van der Waals surface area contributed by atoms with E-state index in [1.54, 1.807) is 26.2 Å². The van der Waals surface area contributed by atoms with Crippen molar-refractivity contribution < 1.29 is 8.22 Å². The maximum Gasteiger partial charge on any atom is 0.0412 e. The Labute approximate surface area is 71.3 Å². The Morgan fingerprint density at radius 3 is 1.56 bits per heavy atom. The van der Waals surface area contributed by atoms with Crippen molar-refractivity contribution in [3.05, 3.63) is 0 Å². The molecule has 2 radical (unpaired) electrons. The molecule has 0 nitrogen and oxygen atoms in total. The molecule has 0 spiro atoms. The van der Waals surface area contributed by atoms with Gasteiger partial charge in [-0.25, -0.2) is 0 Å². The lowest BCUT2D eigenvalue weighted by atomic mass is 10.6. The van der Waals surface area contributed by atoms with Gasteiger partial charge in [-0.1, -0.05) is 44.6 Å². The lowest BCUT2D eigenvalue weighted by molar-refractivity contribution is 1.04. The Morgan fingerprint density at radius 1 is 1.00 bits per heavy atom. The van der Waals surface area contributed by atoms with Gasteiger partial charge in [0.25, 0.3) is 0 Å². The molecule has 9 heavy (non-hydrogen) atoms. The zero-order valence-electron chi connectivity index (χ0n) is 12.5. The molecule has 0 heterocycles. The van der Waals surface area contributed by atoms with Crippen LogP contribution in [-0.2, 0) is 0 Å². The second-order valence-corrected chi connectivity index (χ2v) is 6.88. The van der Waals surface area contributed by atoms with Crippen molar-refractivity contribution in [1.29, 1.82) is 0 Å². The van der Waals surface area contributed by atoms with Gasteiger partial charge in [-0.2, -0.15) is 0 Å². The number of rotatable bonds is 4. The molecule has 0 rings (SSSR count). The second-order valence-electron chi connectivity index (χ2n) is 2.38. The quantitative estimate of drug-likeness (QED) is 0.561. The predicted molar refractivity (Wildman–Crippen MR) is 49.2 cm³/mol. The lowest BCUT2D eigenvalue weighted by Gasteiger charge is -2.03. The highest BCUT2D eigenvalue weighted by Gasteiger charge is 1.98. The van der Waals surface area contributed by atoms with Gasteiger partial charge in [0, 0.05) is 25.8 Å². The average molecular weight is 164 g/mol. The van der Waals surface area contributed by atoms with Gasteiger partial charge in [0.15, 0.2) is 0 Å². The Balaban J connectivity index is 5.30. The molecule has 0 saturated heterocycles. The monoisotopic (exact) mass is 164 g/mol. The Morgan fingerprint density at radius 2 is 1.33 bits per heavy atom. The number of hydrogen-bond donors (Lipinski definition) is 0. The van der Waals surface area contributed by atoms with Crippen molar-refractivity contribution in [2.45, 2.75) is 44.6 Å². The van der Waals surface area contributed by atoms with Crippen LogP contribution >= 0.6 is 0 Å². The van der Waals surface area contributed by atoms with E-state index in [1.165, 1.54) is 0 Å². The molecule has 0 aromatic rings. The van der Waals surface area contributed by atoms with Gasteiger partial charge in [0.05, 0.1) is 0 Å². The normalized spacial score (nSPS) is 26.0. The van der Waals surface area contributed by atoms with Crippen molar-refractivity contribution in [2.75, 3.05) is 0 Å². The third-order valence-electron chi connectivity index (χ3n) is 0.625. The van der Waals surface area contributed by atoms with E-state index < -0.39 is 36.0 Å². The van der Waals surface area contributed by atoms with Crippen LogP contribution in [-0.4, -0.2) is 17.6 Å². The summed E-state index contributed by atoms with van der Waals surface area (Å²) in [4.78, 5) is 0. The zero-order valence-corrected chi connectivity index (χ0v) is 8.50. The van der Waals surface area contributed by atoms with E-state index in [1.807, 2.05) is 0 Å². The van der Waals surface area contributed by atoms with E-state index in [-0.39, 0.29) is 0 Å². The summed E-state index contributed by atoms with van der Waals surface area (Å²) in [5.41, 5.74) is 0. The molecule has 54 valence electrons. The van der Waals surface area contributed by atoms with Gasteiger partial charge >= 0.3 is 0 Å². The van der Waals surface area contributed by atoms with Crippen LogP contribution in [0.15, 0.2) is 0 Å². The van der Waals surface area contributed by atoms with Crippen molar-refractivity contribution in [2.24, 2.45) is 0 Å². The smallest absolute Gasteiger partial charge is 0.0412 e. The molecule has 0 aromatic heterocycles. The zero-order chi connectivity index (χ0) is 12.7. The predicted octanol–water partition coefficient (Wildman–Crippen LogP) is 2.89. The first kappa shape index (κ1) is 3.22. The fourth-order valence-corrected chi connectivity index (χ4v) is 1.03. The second kappa shape index (κ2) is 5.24. The molecule has 0 aromatic carbocycles. The minimum atomic E-state index is -2.41. The van der Waals surface area contributed by atoms with E-state index >= 15 is 0 Å². The maximum absolute atomic E-state index is 7.76. The molecule has 0 saturated carbocycles. The van der Waals surface area contributed by atoms with Crippen LogP contribution in [0.2, 0.25) is 38.2 Å². The Bertz CT molecular complexity index is 204. The third-order valence-corrected chi connectivity index (χ3v) is 1.88. The standard InChI is InChI=1S/C7H18Si2/c1-8(2)6-5-7-9(3)4/h5-7H2,1-4H3/i5D2,6D2,7D2. The van der Waals surface area contributed by atoms with E-state index in [0.29, 0.717) is 0 Å². The van der Waals surface area contributed by atoms with Gasteiger partial charge in [0.2, 0.25) is 0 Å². The molecule has 0 bridgehead atoms. The van der Waals surface area contributed by atoms with Gasteiger partial charge in [-0.05, 0) is 0 Å². The van der Waals surface area contributed by atoms with Crippen LogP contribution in [0.1, 0.15) is 14.6 Å². The summed E-state index contributed by atoms with van der Waals surface area (Å²) in [6.07, 6.45) is -2.41. The third kappa shape index (κ3) is 8.43. The topological polar surface area (TPSA) is 0 Å². The fraction of sp³-hybridized carbons (Fsp3) is 1.00. The van der Waals surface area contributed by atoms with E-state index in [2.05, 4.69) is 0 Å². The molecular weight excluding hydrogens is 140 g/mol. The molecule has 0 amide bonds. The van der Waals surface area contributed by atoms with Crippen LogP contribution < -0.4 is 0 Å². The molecule has 0 aliphatic heterocycles. The molecule has 0 fully saturated rings. The van der Waals surface area contributed by atoms with E-state index in [0.717, 1.165) is 0 Å². The molecule has 0 aliphatic carbocycles. The lowest BCUT2D eigenvalue weighted by Crippen LogP contribution is -2.03. The van der Waals surface area contributed by atoms with Crippen molar-refractivity contribution >= 4 is 17.6 Å². The minimum Gasteiger partial charge on any atom is -0.0713 e. The summed E-state index contributed by atoms with van der Waals surface area (Å²) >= 11 is 0. The minimum absolute atomic E-state index is 1.55. The van der Waals surface area contributed by atoms with Gasteiger partial charge in [-0.3, -0.25) is 0 Å². The first-order valence-corrected chi connectivity index (χ1v) is 8.00. The summed E-state index contributed by atoms with van der Waals surface area (Å²) in [5.74, 6) is -4.10. The summed E-state index contributed by atoms with van der Waals surface area (Å²) < 4.78 is 46.5. The molecule has 0 unspecified atom stereocenters. The Kier molecular flexibility index (Phi) is 1.87. The summed E-state index contributed by atoms with van der Waals surface area (Å²) in [7, 11) is -3.10. The van der Waals surface area contributed by atoms with Crippen LogP contribution in [0, 0.1) is 0 Å². The highest BCUT2D eigenvalue weighted by Crippen LogP contribution is 2.04. The van der Waals surface area contributed by atoms with Crippen molar-refractivity contribution in [1.82, 2.24) is 0 Å². The molecular formula is C7H18Si2. The van der Waals surface area contributed by atoms with E-state index in [4.69, 9.17) is 8.22 Å². The molecule has 2 heteroatoms. The number of hydrogen-bond acceptors (Lipinski definition) is 0. The van der Waals surface area contributed by atoms with E-state index in [9.17, 15) is 0 Å². The average Bonchev–Trinajstić information content (AvgIpc) is 2.02. The Hall–Kier alpha value is 0.434. The fourth-order valence-electron chi connectivity index (χ4n) is 0.281. The van der Waals surface area contributed by atoms with Gasteiger partial charge < -0.3 is 0 Å². The highest BCUT2D eigenvalue weighted by molar-refractivity contribution is 6.57. The SMILES string of the molecule is [2H]C([2H])([Si](C)C)C([2H])([2H])C([2H])([2H])[Si](C)C. The summed E-state index contributed by atoms with van der Waals surface area (Å²) in [6.45, 7) is 6.71. The first-order chi connectivity index (χ1) is 6.39. The van der Waals surface area contributed by atoms with Crippen LogP contribution in [0.25, 0.3) is 0 Å². The molecule has 0 N–H and O–H groups in total. The first-order valence-electron chi connectivity index (χ1n) is 6.00. The maximum atomic E-state index is 7.76. The summed E-state index contributed by atoms with van der Waals surface area (Å²) in [6, 6.07) is 0. The molecule has 0 atom stereocenters. The van der Waals surface area contributed by atoms with Crippen LogP contribution in [0.4, 0.5) is 0 Å². The largest absolute Gasteiger partial charge is 0.0713 e.